The van der Waals surface area contributed by atoms with Crippen molar-refractivity contribution >= 4 is 21.7 Å². The van der Waals surface area contributed by atoms with Crippen LogP contribution in [0.1, 0.15) is 21.5 Å². The monoisotopic (exact) mass is 383 g/mol. The second-order valence-corrected chi connectivity index (χ2v) is 5.41. The number of hydrogen-bond donors (Lipinski definition) is 0. The van der Waals surface area contributed by atoms with E-state index in [9.17, 15) is 4.79 Å². The zero-order valence-electron chi connectivity index (χ0n) is 10.9. The summed E-state index contributed by atoms with van der Waals surface area (Å²) in [5.41, 5.74) is 3.07. The van der Waals surface area contributed by atoms with Crippen LogP contribution in [0, 0.1) is 13.8 Å². The van der Waals surface area contributed by atoms with Crippen LogP contribution >= 0.6 is 15.9 Å². The molecular weight excluding hydrogens is 370 g/mol. The van der Waals surface area contributed by atoms with Crippen LogP contribution in [0.25, 0.3) is 0 Å². The van der Waals surface area contributed by atoms with Crippen LogP contribution in [0.4, 0.5) is 0 Å². The maximum atomic E-state index is 12.1. The number of Topliss-reactive ketones (excluding diaryl/α,β-unsaturated/α-hetero) is 1. The summed E-state index contributed by atoms with van der Waals surface area (Å²) in [7, 11) is 0. The number of rotatable bonds is 3. The predicted octanol–water partition coefficient (Wildman–Crippen LogP) is 0.240. The van der Waals surface area contributed by atoms with Gasteiger partial charge in [0.05, 0.1) is 0 Å². The second-order valence-electron chi connectivity index (χ2n) is 4.49. The van der Waals surface area contributed by atoms with Crippen LogP contribution < -0.4 is 21.5 Å². The van der Waals surface area contributed by atoms with Gasteiger partial charge in [-0.05, 0) is 32.0 Å². The highest BCUT2D eigenvalue weighted by Crippen LogP contribution is 2.11. The maximum Gasteiger partial charge on any atom is 0.227 e. The number of ketones is 1. The van der Waals surface area contributed by atoms with Crippen LogP contribution in [0.5, 0.6) is 0 Å². The fourth-order valence-electron chi connectivity index (χ4n) is 1.98. The summed E-state index contributed by atoms with van der Waals surface area (Å²) in [6.07, 6.45) is 3.98. The van der Waals surface area contributed by atoms with E-state index in [0.29, 0.717) is 6.54 Å². The number of benzene rings is 1. The number of nitrogens with zero attached hydrogens (tertiary/aromatic N) is 1. The van der Waals surface area contributed by atoms with Gasteiger partial charge in [-0.1, -0.05) is 28.1 Å². The van der Waals surface area contributed by atoms with Gasteiger partial charge in [-0.25, -0.2) is 0 Å². The third-order valence-corrected chi connectivity index (χ3v) is 3.22. The van der Waals surface area contributed by atoms with Crippen molar-refractivity contribution in [3.05, 3.63) is 63.9 Å². The number of pyridine rings is 1. The number of aromatic nitrogens is 1. The lowest BCUT2D eigenvalue weighted by Crippen LogP contribution is -3.00. The van der Waals surface area contributed by atoms with E-state index in [1.54, 1.807) is 0 Å². The summed E-state index contributed by atoms with van der Waals surface area (Å²) in [6, 6.07) is 9.56. The van der Waals surface area contributed by atoms with Gasteiger partial charge in [-0.2, -0.15) is 4.57 Å². The van der Waals surface area contributed by atoms with E-state index in [2.05, 4.69) is 22.0 Å². The average Bonchev–Trinajstić information content (AvgIpc) is 2.28. The van der Waals surface area contributed by atoms with E-state index in [1.165, 1.54) is 11.1 Å². The van der Waals surface area contributed by atoms with Gasteiger partial charge in [0.1, 0.15) is 0 Å². The summed E-state index contributed by atoms with van der Waals surface area (Å²) < 4.78 is 2.92. The van der Waals surface area contributed by atoms with Crippen LogP contribution in [0.15, 0.2) is 47.2 Å². The first kappa shape index (κ1) is 16.1. The van der Waals surface area contributed by atoms with Crippen molar-refractivity contribution in [1.82, 2.24) is 0 Å². The van der Waals surface area contributed by atoms with E-state index in [0.717, 1.165) is 10.0 Å². The lowest BCUT2D eigenvalue weighted by molar-refractivity contribution is -0.683. The molecule has 0 spiro atoms. The molecule has 0 N–H and O–H groups in total. The topological polar surface area (TPSA) is 20.9 Å². The molecule has 0 fully saturated rings. The lowest BCUT2D eigenvalue weighted by atomic mass is 10.1. The van der Waals surface area contributed by atoms with Crippen molar-refractivity contribution in [3.8, 4) is 0 Å². The largest absolute Gasteiger partial charge is 1.00 e. The Kier molecular flexibility index (Phi) is 5.88. The Balaban J connectivity index is 0.00000180. The fraction of sp³-hybridized carbons (Fsp3) is 0.200. The SMILES string of the molecule is Cc1cc(C)c[n+](CC(=O)c2ccc(Br)cc2)c1.[Br-]. The van der Waals surface area contributed by atoms with Gasteiger partial charge in [-0.3, -0.25) is 4.79 Å². The summed E-state index contributed by atoms with van der Waals surface area (Å²) in [4.78, 5) is 12.1. The molecule has 0 radical (unpaired) electrons. The van der Waals surface area contributed by atoms with E-state index >= 15 is 0 Å². The minimum Gasteiger partial charge on any atom is -1.00 e. The first-order chi connectivity index (χ1) is 8.54. The van der Waals surface area contributed by atoms with Crippen molar-refractivity contribution < 1.29 is 26.3 Å². The van der Waals surface area contributed by atoms with E-state index in [-0.39, 0.29) is 22.8 Å². The highest BCUT2D eigenvalue weighted by Gasteiger charge is 2.12. The third-order valence-electron chi connectivity index (χ3n) is 2.69. The Hall–Kier alpha value is -1.000. The fourth-order valence-corrected chi connectivity index (χ4v) is 2.24. The first-order valence-electron chi connectivity index (χ1n) is 5.81. The number of hydrogen-bond acceptors (Lipinski definition) is 1. The summed E-state index contributed by atoms with van der Waals surface area (Å²) in [5, 5.41) is 0. The molecule has 0 amide bonds. The van der Waals surface area contributed by atoms with Crippen LogP contribution in [-0.4, -0.2) is 5.78 Å². The zero-order chi connectivity index (χ0) is 13.1. The second kappa shape index (κ2) is 6.96. The van der Waals surface area contributed by atoms with Gasteiger partial charge in [0.25, 0.3) is 0 Å². The molecule has 0 aliphatic heterocycles. The molecule has 1 heterocycles. The van der Waals surface area contributed by atoms with Crippen molar-refractivity contribution in [2.75, 3.05) is 0 Å². The zero-order valence-corrected chi connectivity index (χ0v) is 14.0. The molecule has 2 aromatic rings. The van der Waals surface area contributed by atoms with Gasteiger partial charge in [0, 0.05) is 21.2 Å². The first-order valence-corrected chi connectivity index (χ1v) is 6.60. The van der Waals surface area contributed by atoms with Gasteiger partial charge in [-0.15, -0.1) is 0 Å². The Morgan fingerprint density at radius 3 is 2.16 bits per heavy atom. The van der Waals surface area contributed by atoms with Crippen LogP contribution in [0.3, 0.4) is 0 Å². The molecular formula is C15H15Br2NO. The van der Waals surface area contributed by atoms with Crippen molar-refractivity contribution in [3.63, 3.8) is 0 Å². The van der Waals surface area contributed by atoms with Gasteiger partial charge in [0.15, 0.2) is 12.4 Å². The van der Waals surface area contributed by atoms with Gasteiger partial charge >= 0.3 is 0 Å². The molecule has 2 rings (SSSR count). The average molecular weight is 385 g/mol. The maximum absolute atomic E-state index is 12.1. The molecule has 0 aliphatic carbocycles. The molecule has 0 atom stereocenters. The van der Waals surface area contributed by atoms with Gasteiger partial charge in [0.2, 0.25) is 12.3 Å². The Bertz CT molecular complexity index is 559. The van der Waals surface area contributed by atoms with Crippen LogP contribution in [0.2, 0.25) is 0 Å². The molecule has 1 aromatic carbocycles. The van der Waals surface area contributed by atoms with Gasteiger partial charge < -0.3 is 17.0 Å². The minimum atomic E-state index is 0. The van der Waals surface area contributed by atoms with E-state index < -0.39 is 0 Å². The number of aryl methyl sites for hydroxylation is 2. The molecule has 0 saturated heterocycles. The highest BCUT2D eigenvalue weighted by molar-refractivity contribution is 9.10. The smallest absolute Gasteiger partial charge is 0.227 e. The van der Waals surface area contributed by atoms with E-state index in [4.69, 9.17) is 0 Å². The highest BCUT2D eigenvalue weighted by atomic mass is 79.9. The molecule has 0 saturated carbocycles. The number of carbonyl (C=O) groups is 1. The van der Waals surface area contributed by atoms with Crippen molar-refractivity contribution in [2.45, 2.75) is 20.4 Å². The summed E-state index contributed by atoms with van der Waals surface area (Å²) in [5.74, 6) is 0.123. The third kappa shape index (κ3) is 4.55. The predicted molar refractivity (Wildman–Crippen MR) is 74.6 cm³/mol. The minimum absolute atomic E-state index is 0. The molecule has 19 heavy (non-hydrogen) atoms. The molecule has 0 unspecified atom stereocenters. The van der Waals surface area contributed by atoms with Crippen molar-refractivity contribution in [2.24, 2.45) is 0 Å². The number of carbonyl (C=O) groups excluding carboxylic acids is 1. The molecule has 2 nitrogen and oxygen atoms in total. The van der Waals surface area contributed by atoms with E-state index in [1.807, 2.05) is 55.1 Å². The molecule has 0 bridgehead atoms. The molecule has 100 valence electrons. The standard InChI is InChI=1S/C15H15BrNO.BrH/c1-11-7-12(2)9-17(8-11)10-15(18)13-3-5-14(16)6-4-13;/h3-9H,10H2,1-2H3;1H/q+1;/p-1. The Morgan fingerprint density at radius 1 is 1.11 bits per heavy atom. The van der Waals surface area contributed by atoms with Crippen LogP contribution in [-0.2, 0) is 6.54 Å². The molecule has 4 heteroatoms. The Morgan fingerprint density at radius 2 is 1.63 bits per heavy atom. The Labute approximate surface area is 132 Å². The lowest BCUT2D eigenvalue weighted by Gasteiger charge is -2.00. The number of halogens is 2. The summed E-state index contributed by atoms with van der Waals surface area (Å²) >= 11 is 3.36. The normalized spacial score (nSPS) is 9.84. The molecule has 1 aromatic heterocycles. The quantitative estimate of drug-likeness (QED) is 0.548. The molecule has 0 aliphatic rings. The summed E-state index contributed by atoms with van der Waals surface area (Å²) in [6.45, 7) is 4.45. The van der Waals surface area contributed by atoms with Crippen molar-refractivity contribution in [1.29, 1.82) is 0 Å².